The number of piperazine rings is 1. The maximum atomic E-state index is 12.0. The Morgan fingerprint density at radius 2 is 2.05 bits per heavy atom. The molecule has 0 saturated carbocycles. The lowest BCUT2D eigenvalue weighted by molar-refractivity contribution is 0.184. The first-order valence-corrected chi connectivity index (χ1v) is 6.88. The molecule has 1 aromatic rings. The van der Waals surface area contributed by atoms with Crippen LogP contribution >= 0.6 is 0 Å². The molecule has 6 heteroatoms. The smallest absolute Gasteiger partial charge is 0.293 e. The van der Waals surface area contributed by atoms with Crippen LogP contribution in [0, 0.1) is 0 Å². The summed E-state index contributed by atoms with van der Waals surface area (Å²) in [5.74, 6) is 0.561. The maximum absolute atomic E-state index is 12.0. The lowest BCUT2D eigenvalue weighted by Gasteiger charge is -2.38. The second-order valence-corrected chi connectivity index (χ2v) is 4.99. The highest BCUT2D eigenvalue weighted by Crippen LogP contribution is 2.12. The lowest BCUT2D eigenvalue weighted by atomic mass is 10.1. The molecule has 1 unspecified atom stereocenters. The first kappa shape index (κ1) is 14.0. The first-order valence-electron chi connectivity index (χ1n) is 6.88. The number of aromatic nitrogens is 2. The van der Waals surface area contributed by atoms with Crippen LogP contribution in [0.3, 0.4) is 0 Å². The van der Waals surface area contributed by atoms with Gasteiger partial charge in [0.1, 0.15) is 0 Å². The van der Waals surface area contributed by atoms with Crippen LogP contribution in [-0.2, 0) is 7.05 Å². The molecule has 1 saturated heterocycles. The summed E-state index contributed by atoms with van der Waals surface area (Å²) in [6.07, 6.45) is 4.43. The van der Waals surface area contributed by atoms with Crippen molar-refractivity contribution in [1.82, 2.24) is 14.5 Å². The molecule has 2 rings (SSSR count). The molecule has 0 spiro atoms. The molecule has 1 aliphatic heterocycles. The van der Waals surface area contributed by atoms with Crippen molar-refractivity contribution < 1.29 is 0 Å². The molecule has 6 nitrogen and oxygen atoms in total. The molecule has 0 aromatic carbocycles. The monoisotopic (exact) mass is 265 g/mol. The van der Waals surface area contributed by atoms with Crippen molar-refractivity contribution in [2.24, 2.45) is 12.8 Å². The Morgan fingerprint density at radius 3 is 2.63 bits per heavy atom. The van der Waals surface area contributed by atoms with E-state index >= 15 is 0 Å². The third-order valence-corrected chi connectivity index (χ3v) is 3.87. The standard InChI is InChI=1S/C13H23N5O/c1-3-11(10-14)17-6-8-18(9-7-17)12-13(19)16(2)5-4-15-12/h4-5,11H,3,6-10,14H2,1-2H3. The third-order valence-electron chi connectivity index (χ3n) is 3.87. The molecule has 0 aliphatic carbocycles. The van der Waals surface area contributed by atoms with Gasteiger partial charge in [0.2, 0.25) is 0 Å². The highest BCUT2D eigenvalue weighted by Gasteiger charge is 2.23. The number of hydrogen-bond donors (Lipinski definition) is 1. The molecule has 0 amide bonds. The number of anilines is 1. The van der Waals surface area contributed by atoms with Crippen molar-refractivity contribution in [3.05, 3.63) is 22.7 Å². The zero-order valence-corrected chi connectivity index (χ0v) is 11.7. The number of hydrogen-bond acceptors (Lipinski definition) is 5. The minimum atomic E-state index is -0.0261. The van der Waals surface area contributed by atoms with Crippen LogP contribution in [0.1, 0.15) is 13.3 Å². The molecule has 19 heavy (non-hydrogen) atoms. The van der Waals surface area contributed by atoms with E-state index in [0.29, 0.717) is 18.4 Å². The Labute approximate surface area is 113 Å². The van der Waals surface area contributed by atoms with Gasteiger partial charge in [0.15, 0.2) is 5.82 Å². The fourth-order valence-corrected chi connectivity index (χ4v) is 2.57. The van der Waals surface area contributed by atoms with Gasteiger partial charge in [-0.15, -0.1) is 0 Å². The number of aryl methyl sites for hydroxylation is 1. The van der Waals surface area contributed by atoms with Crippen molar-refractivity contribution in [3.63, 3.8) is 0 Å². The molecule has 1 aliphatic rings. The van der Waals surface area contributed by atoms with Gasteiger partial charge >= 0.3 is 0 Å². The summed E-state index contributed by atoms with van der Waals surface area (Å²) in [6.45, 7) is 6.41. The summed E-state index contributed by atoms with van der Waals surface area (Å²) in [4.78, 5) is 20.7. The van der Waals surface area contributed by atoms with Crippen molar-refractivity contribution in [2.45, 2.75) is 19.4 Å². The molecule has 0 radical (unpaired) electrons. The van der Waals surface area contributed by atoms with Gasteiger partial charge in [0.25, 0.3) is 5.56 Å². The fraction of sp³-hybridized carbons (Fsp3) is 0.692. The zero-order valence-electron chi connectivity index (χ0n) is 11.7. The highest BCUT2D eigenvalue weighted by atomic mass is 16.1. The first-order chi connectivity index (χ1) is 9.17. The van der Waals surface area contributed by atoms with Gasteiger partial charge < -0.3 is 15.2 Å². The molecule has 1 aromatic heterocycles. The van der Waals surface area contributed by atoms with E-state index < -0.39 is 0 Å². The molecular weight excluding hydrogens is 242 g/mol. The van der Waals surface area contributed by atoms with Crippen molar-refractivity contribution >= 4 is 5.82 Å². The minimum Gasteiger partial charge on any atom is -0.349 e. The predicted molar refractivity (Wildman–Crippen MR) is 76.4 cm³/mol. The highest BCUT2D eigenvalue weighted by molar-refractivity contribution is 5.36. The quantitative estimate of drug-likeness (QED) is 0.805. The van der Waals surface area contributed by atoms with Crippen LogP contribution in [0.15, 0.2) is 17.2 Å². The van der Waals surface area contributed by atoms with E-state index in [1.165, 1.54) is 0 Å². The van der Waals surface area contributed by atoms with Crippen LogP contribution in [0.5, 0.6) is 0 Å². The maximum Gasteiger partial charge on any atom is 0.293 e. The van der Waals surface area contributed by atoms with E-state index in [1.807, 2.05) is 0 Å². The van der Waals surface area contributed by atoms with E-state index in [-0.39, 0.29) is 5.56 Å². The Kier molecular flexibility index (Phi) is 4.55. The average molecular weight is 265 g/mol. The SMILES string of the molecule is CCC(CN)N1CCN(c2nccn(C)c2=O)CC1. The van der Waals surface area contributed by atoms with Crippen molar-refractivity contribution in [1.29, 1.82) is 0 Å². The third kappa shape index (κ3) is 2.96. The van der Waals surface area contributed by atoms with Crippen LogP contribution in [0.25, 0.3) is 0 Å². The minimum absolute atomic E-state index is 0.0261. The molecule has 106 valence electrons. The summed E-state index contributed by atoms with van der Waals surface area (Å²) >= 11 is 0. The van der Waals surface area contributed by atoms with Gasteiger partial charge in [-0.3, -0.25) is 9.69 Å². The molecule has 2 N–H and O–H groups in total. The van der Waals surface area contributed by atoms with E-state index in [4.69, 9.17) is 5.73 Å². The number of nitrogens with two attached hydrogens (primary N) is 1. The Balaban J connectivity index is 2.04. The number of rotatable bonds is 4. The van der Waals surface area contributed by atoms with Gasteiger partial charge in [-0.2, -0.15) is 0 Å². The van der Waals surface area contributed by atoms with Crippen molar-refractivity contribution in [3.8, 4) is 0 Å². The molecule has 1 atom stereocenters. The van der Waals surface area contributed by atoms with Crippen LogP contribution < -0.4 is 16.2 Å². The predicted octanol–water partition coefficient (Wildman–Crippen LogP) is -0.360. The summed E-state index contributed by atoms with van der Waals surface area (Å²) in [6, 6.07) is 0.453. The summed E-state index contributed by atoms with van der Waals surface area (Å²) in [5, 5.41) is 0. The summed E-state index contributed by atoms with van der Waals surface area (Å²) in [5.41, 5.74) is 5.76. The Hall–Kier alpha value is -1.40. The van der Waals surface area contributed by atoms with Gasteiger partial charge in [0.05, 0.1) is 0 Å². The van der Waals surface area contributed by atoms with Crippen LogP contribution in [0.2, 0.25) is 0 Å². The zero-order chi connectivity index (χ0) is 13.8. The van der Waals surface area contributed by atoms with E-state index in [2.05, 4.69) is 21.7 Å². The number of nitrogens with zero attached hydrogens (tertiary/aromatic N) is 4. The lowest BCUT2D eigenvalue weighted by Crippen LogP contribution is -2.53. The van der Waals surface area contributed by atoms with E-state index in [1.54, 1.807) is 24.0 Å². The summed E-state index contributed by atoms with van der Waals surface area (Å²) < 4.78 is 1.57. The fourth-order valence-electron chi connectivity index (χ4n) is 2.57. The Bertz CT molecular complexity index is 460. The van der Waals surface area contributed by atoms with Gasteiger partial charge in [-0.25, -0.2) is 4.98 Å². The normalized spacial score (nSPS) is 18.6. The molecular formula is C13H23N5O. The second kappa shape index (κ2) is 6.16. The van der Waals surface area contributed by atoms with Crippen LogP contribution in [0.4, 0.5) is 5.82 Å². The molecule has 0 bridgehead atoms. The molecule has 2 heterocycles. The van der Waals surface area contributed by atoms with E-state index in [0.717, 1.165) is 32.6 Å². The second-order valence-electron chi connectivity index (χ2n) is 4.99. The van der Waals surface area contributed by atoms with Crippen LogP contribution in [-0.4, -0.2) is 53.2 Å². The molecule has 1 fully saturated rings. The van der Waals surface area contributed by atoms with Gasteiger partial charge in [-0.05, 0) is 6.42 Å². The topological polar surface area (TPSA) is 67.4 Å². The Morgan fingerprint density at radius 1 is 1.37 bits per heavy atom. The van der Waals surface area contributed by atoms with Gasteiger partial charge in [-0.1, -0.05) is 6.92 Å². The van der Waals surface area contributed by atoms with Gasteiger partial charge in [0, 0.05) is 58.2 Å². The average Bonchev–Trinajstić information content (AvgIpc) is 2.44. The van der Waals surface area contributed by atoms with Crippen molar-refractivity contribution in [2.75, 3.05) is 37.6 Å². The largest absolute Gasteiger partial charge is 0.349 e. The summed E-state index contributed by atoms with van der Waals surface area (Å²) in [7, 11) is 1.76. The van der Waals surface area contributed by atoms with E-state index in [9.17, 15) is 4.79 Å².